The highest BCUT2D eigenvalue weighted by atomic mass is 16.4. The van der Waals surface area contributed by atoms with Crippen LogP contribution in [0.1, 0.15) is 19.8 Å². The smallest absolute Gasteiger partial charge is 0.478 e. The molecule has 0 spiro atoms. The van der Waals surface area contributed by atoms with E-state index in [2.05, 4.69) is 6.58 Å². The van der Waals surface area contributed by atoms with Crippen molar-refractivity contribution in [3.05, 3.63) is 12.2 Å². The van der Waals surface area contributed by atoms with E-state index < -0.39 is 12.1 Å². The Labute approximate surface area is 89.2 Å². The molecule has 15 heavy (non-hydrogen) atoms. The number of amides is 1. The molecule has 1 unspecified atom stereocenters. The summed E-state index contributed by atoms with van der Waals surface area (Å²) >= 11 is 0. The lowest BCUT2D eigenvalue weighted by Crippen LogP contribution is -2.48. The van der Waals surface area contributed by atoms with Gasteiger partial charge in [-0.05, 0) is 13.3 Å². The Balaban J connectivity index is 4.09. The molecule has 1 atom stereocenters. The van der Waals surface area contributed by atoms with E-state index >= 15 is 0 Å². The monoisotopic (exact) mass is 216 g/mol. The van der Waals surface area contributed by atoms with Crippen LogP contribution in [-0.2, 0) is 4.79 Å². The first-order valence-electron chi connectivity index (χ1n) is 4.82. The Hall–Kier alpha value is -1.36. The second kappa shape index (κ2) is 5.50. The van der Waals surface area contributed by atoms with Crippen LogP contribution in [0.4, 0.5) is 4.79 Å². The lowest BCUT2D eigenvalue weighted by atomic mass is 10.1. The predicted octanol–water partition coefficient (Wildman–Crippen LogP) is 1.55. The van der Waals surface area contributed by atoms with Gasteiger partial charge in [0, 0.05) is 12.0 Å². The second-order valence-electron chi connectivity index (χ2n) is 3.73. The molecule has 0 bridgehead atoms. The second-order valence-corrected chi connectivity index (χ2v) is 3.73. The molecule has 5 nitrogen and oxygen atoms in total. The normalized spacial score (nSPS) is 14.3. The Morgan fingerprint density at radius 2 is 1.87 bits per heavy atom. The van der Waals surface area contributed by atoms with E-state index in [1.807, 2.05) is 0 Å². The summed E-state index contributed by atoms with van der Waals surface area (Å²) in [5.41, 5.74) is 0.128. The van der Waals surface area contributed by atoms with Crippen LogP contribution in [-0.4, -0.2) is 46.9 Å². The van der Waals surface area contributed by atoms with Crippen molar-refractivity contribution in [1.29, 1.82) is 0 Å². The number of carboxylic acids is 1. The summed E-state index contributed by atoms with van der Waals surface area (Å²) in [6.45, 7) is 6.08. The minimum absolute atomic E-state index is 0.0904. The maximum absolute atomic E-state index is 10.9. The van der Waals surface area contributed by atoms with Gasteiger partial charge in [-0.3, -0.25) is 0 Å². The van der Waals surface area contributed by atoms with Crippen molar-refractivity contribution in [2.45, 2.75) is 19.8 Å². The van der Waals surface area contributed by atoms with E-state index in [9.17, 15) is 9.59 Å². The number of hydrogen-bond donors (Lipinski definition) is 2. The maximum atomic E-state index is 10.9. The first-order chi connectivity index (χ1) is 6.83. The third-order valence-electron chi connectivity index (χ3n) is 2.59. The molecule has 0 aromatic rings. The van der Waals surface area contributed by atoms with E-state index in [4.69, 9.17) is 10.2 Å². The lowest BCUT2D eigenvalue weighted by molar-refractivity contribution is -0.835. The van der Waals surface area contributed by atoms with Crippen molar-refractivity contribution >= 4 is 12.1 Å². The Bertz CT molecular complexity index is 275. The molecular weight excluding hydrogens is 198 g/mol. The summed E-state index contributed by atoms with van der Waals surface area (Å²) in [6, 6.07) is 0. The third-order valence-corrected chi connectivity index (χ3v) is 2.59. The van der Waals surface area contributed by atoms with Crippen LogP contribution < -0.4 is 0 Å². The average Bonchev–Trinajstić information content (AvgIpc) is 2.16. The number of aliphatic carboxylic acids is 1. The van der Waals surface area contributed by atoms with Crippen molar-refractivity contribution in [2.75, 3.05) is 20.1 Å². The molecule has 0 radical (unpaired) electrons. The van der Waals surface area contributed by atoms with E-state index in [-0.39, 0.29) is 10.1 Å². The molecule has 0 aromatic heterocycles. The first kappa shape index (κ1) is 13.6. The molecule has 0 aliphatic rings. The quantitative estimate of drug-likeness (QED) is 0.522. The Kier molecular flexibility index (Phi) is 5.00. The molecule has 0 rings (SSSR count). The number of nitrogens with zero attached hydrogens (tertiary/aromatic N) is 1. The van der Waals surface area contributed by atoms with Crippen LogP contribution in [0, 0.1) is 0 Å². The highest BCUT2D eigenvalue weighted by Crippen LogP contribution is 2.09. The minimum atomic E-state index is -1.02. The zero-order chi connectivity index (χ0) is 12.1. The van der Waals surface area contributed by atoms with Gasteiger partial charge in [-0.1, -0.05) is 6.58 Å². The number of quaternary nitrogens is 1. The van der Waals surface area contributed by atoms with Crippen LogP contribution in [0.5, 0.6) is 0 Å². The van der Waals surface area contributed by atoms with Crippen LogP contribution >= 0.6 is 0 Å². The van der Waals surface area contributed by atoms with Crippen LogP contribution in [0.25, 0.3) is 0 Å². The van der Waals surface area contributed by atoms with Crippen LogP contribution in [0.2, 0.25) is 0 Å². The fourth-order valence-corrected chi connectivity index (χ4v) is 1.14. The third kappa shape index (κ3) is 4.12. The van der Waals surface area contributed by atoms with Gasteiger partial charge in [-0.15, -0.1) is 0 Å². The van der Waals surface area contributed by atoms with E-state index in [0.29, 0.717) is 25.9 Å². The van der Waals surface area contributed by atoms with Gasteiger partial charge < -0.3 is 10.2 Å². The number of rotatable bonds is 6. The van der Waals surface area contributed by atoms with Gasteiger partial charge in [-0.25, -0.2) is 9.28 Å². The minimum Gasteiger partial charge on any atom is -0.478 e. The number of carbonyl (C=O) groups is 2. The van der Waals surface area contributed by atoms with Gasteiger partial charge in [0.25, 0.3) is 0 Å². The van der Waals surface area contributed by atoms with Gasteiger partial charge in [0.2, 0.25) is 0 Å². The van der Waals surface area contributed by atoms with Crippen molar-refractivity contribution in [3.63, 3.8) is 0 Å². The number of carboxylic acid groups (broad SMARTS) is 2. The van der Waals surface area contributed by atoms with E-state index in [1.165, 1.54) is 0 Å². The molecule has 0 aliphatic heterocycles. The molecular formula is C10H18NO4+. The first-order valence-corrected chi connectivity index (χ1v) is 4.82. The molecule has 0 aromatic carbocycles. The fraction of sp³-hybridized carbons (Fsp3) is 0.600. The highest BCUT2D eigenvalue weighted by molar-refractivity contribution is 5.85. The zero-order valence-corrected chi connectivity index (χ0v) is 9.19. The SMILES string of the molecule is C=C(CCC[N+](C)(CC)C(=O)O)C(=O)O. The van der Waals surface area contributed by atoms with Crippen molar-refractivity contribution in [3.8, 4) is 0 Å². The van der Waals surface area contributed by atoms with Crippen LogP contribution in [0.3, 0.4) is 0 Å². The lowest BCUT2D eigenvalue weighted by Gasteiger charge is -2.26. The number of hydrogen-bond acceptors (Lipinski definition) is 2. The van der Waals surface area contributed by atoms with Gasteiger partial charge >= 0.3 is 12.1 Å². The van der Waals surface area contributed by atoms with Gasteiger partial charge in [-0.2, -0.15) is 4.79 Å². The molecule has 0 aliphatic carbocycles. The fourth-order valence-electron chi connectivity index (χ4n) is 1.14. The average molecular weight is 216 g/mol. The van der Waals surface area contributed by atoms with Gasteiger partial charge in [0.1, 0.15) is 0 Å². The topological polar surface area (TPSA) is 74.6 Å². The Morgan fingerprint density at radius 3 is 2.20 bits per heavy atom. The standard InChI is InChI=1S/C10H17NO4/c1-4-11(3,10(14)15)7-5-6-8(2)9(12)13/h2,4-7H2,1,3H3,(H-,12,13,14,15)/p+1. The zero-order valence-electron chi connectivity index (χ0n) is 9.19. The molecule has 2 N–H and O–H groups in total. The summed E-state index contributed by atoms with van der Waals surface area (Å²) in [6.07, 6.45) is -0.0449. The van der Waals surface area contributed by atoms with E-state index in [0.717, 1.165) is 0 Å². The molecule has 1 amide bonds. The highest BCUT2D eigenvalue weighted by Gasteiger charge is 2.28. The van der Waals surface area contributed by atoms with Crippen molar-refractivity contribution < 1.29 is 24.3 Å². The van der Waals surface area contributed by atoms with Crippen molar-refractivity contribution in [1.82, 2.24) is 0 Å². The summed E-state index contributed by atoms with van der Waals surface area (Å²) < 4.78 is -0.0904. The van der Waals surface area contributed by atoms with Crippen LogP contribution in [0.15, 0.2) is 12.2 Å². The van der Waals surface area contributed by atoms with E-state index in [1.54, 1.807) is 14.0 Å². The van der Waals surface area contributed by atoms with Gasteiger partial charge in [0.15, 0.2) is 0 Å². The molecule has 86 valence electrons. The molecule has 0 heterocycles. The van der Waals surface area contributed by atoms with Gasteiger partial charge in [0.05, 0.1) is 20.1 Å². The molecule has 0 fully saturated rings. The largest absolute Gasteiger partial charge is 0.513 e. The summed E-state index contributed by atoms with van der Waals surface area (Å²) in [4.78, 5) is 21.3. The molecule has 0 saturated heterocycles. The predicted molar refractivity (Wildman–Crippen MR) is 55.6 cm³/mol. The summed E-state index contributed by atoms with van der Waals surface area (Å²) in [5.74, 6) is -1.02. The molecule has 5 heteroatoms. The Morgan fingerprint density at radius 1 is 1.33 bits per heavy atom. The van der Waals surface area contributed by atoms with Crippen molar-refractivity contribution in [2.24, 2.45) is 0 Å². The maximum Gasteiger partial charge on any atom is 0.513 e. The summed E-state index contributed by atoms with van der Waals surface area (Å²) in [7, 11) is 1.62. The molecule has 0 saturated carbocycles. The summed E-state index contributed by atoms with van der Waals surface area (Å²) in [5, 5.41) is 17.5.